The number of phenolic OH excluding ortho intramolecular Hbond substituents is 3. The first-order valence-electron chi connectivity index (χ1n) is 9.29. The number of methoxy groups -OCH3 is 1. The Labute approximate surface area is 161 Å². The number of hydrogen-bond acceptors (Lipinski definition) is 6. The van der Waals surface area contributed by atoms with Crippen LogP contribution < -0.4 is 4.74 Å². The average molecular weight is 374 g/mol. The largest absolute Gasteiger partial charge is 0.504 e. The Morgan fingerprint density at radius 3 is 1.81 bits per heavy atom. The summed E-state index contributed by atoms with van der Waals surface area (Å²) in [5.41, 5.74) is 1.55. The third-order valence-corrected chi connectivity index (χ3v) is 4.82. The SMILES string of the molecule is CCN(CCN(CC)Cc1cccc(OC)c1O)Cc1cccc(O)c1O. The van der Waals surface area contributed by atoms with E-state index in [1.807, 2.05) is 18.2 Å². The Bertz CT molecular complexity index is 736. The van der Waals surface area contributed by atoms with Crippen LogP contribution in [0, 0.1) is 0 Å². The first-order valence-corrected chi connectivity index (χ1v) is 9.29. The summed E-state index contributed by atoms with van der Waals surface area (Å²) in [5, 5.41) is 30.0. The van der Waals surface area contributed by atoms with Gasteiger partial charge >= 0.3 is 0 Å². The molecule has 0 amide bonds. The van der Waals surface area contributed by atoms with Crippen LogP contribution in [0.25, 0.3) is 0 Å². The molecule has 0 bridgehead atoms. The molecule has 3 N–H and O–H groups in total. The van der Waals surface area contributed by atoms with Crippen LogP contribution in [0.5, 0.6) is 23.0 Å². The number of ether oxygens (including phenoxy) is 1. The van der Waals surface area contributed by atoms with Gasteiger partial charge in [0.1, 0.15) is 0 Å². The van der Waals surface area contributed by atoms with Crippen molar-refractivity contribution in [3.05, 3.63) is 47.5 Å². The summed E-state index contributed by atoms with van der Waals surface area (Å²) in [6.07, 6.45) is 0. The molecule has 0 aromatic heterocycles. The average Bonchev–Trinajstić information content (AvgIpc) is 2.68. The lowest BCUT2D eigenvalue weighted by molar-refractivity contribution is 0.201. The number of benzene rings is 2. The molecule has 27 heavy (non-hydrogen) atoms. The highest BCUT2D eigenvalue weighted by molar-refractivity contribution is 5.45. The summed E-state index contributed by atoms with van der Waals surface area (Å²) < 4.78 is 5.18. The van der Waals surface area contributed by atoms with Gasteiger partial charge in [0.05, 0.1) is 7.11 Å². The Morgan fingerprint density at radius 1 is 0.778 bits per heavy atom. The van der Waals surface area contributed by atoms with Gasteiger partial charge in [-0.1, -0.05) is 38.1 Å². The van der Waals surface area contributed by atoms with Crippen LogP contribution in [0.1, 0.15) is 25.0 Å². The highest BCUT2D eigenvalue weighted by Gasteiger charge is 2.14. The Morgan fingerprint density at radius 2 is 1.30 bits per heavy atom. The summed E-state index contributed by atoms with van der Waals surface area (Å²) in [6, 6.07) is 10.6. The fraction of sp³-hybridized carbons (Fsp3) is 0.429. The molecule has 0 aliphatic carbocycles. The maximum absolute atomic E-state index is 10.3. The fourth-order valence-corrected chi connectivity index (χ4v) is 3.03. The van der Waals surface area contributed by atoms with Gasteiger partial charge in [-0.25, -0.2) is 0 Å². The molecule has 2 rings (SSSR count). The van der Waals surface area contributed by atoms with Crippen molar-refractivity contribution < 1.29 is 20.1 Å². The van der Waals surface area contributed by atoms with Gasteiger partial charge in [-0.15, -0.1) is 0 Å². The third kappa shape index (κ3) is 5.52. The molecule has 0 radical (unpaired) electrons. The van der Waals surface area contributed by atoms with E-state index < -0.39 is 0 Å². The number of aromatic hydroxyl groups is 3. The molecule has 0 unspecified atom stereocenters. The van der Waals surface area contributed by atoms with Crippen molar-refractivity contribution >= 4 is 0 Å². The molecule has 6 heteroatoms. The summed E-state index contributed by atoms with van der Waals surface area (Å²) in [4.78, 5) is 4.46. The molecule has 148 valence electrons. The van der Waals surface area contributed by atoms with Crippen molar-refractivity contribution in [2.45, 2.75) is 26.9 Å². The molecular weight excluding hydrogens is 344 g/mol. The van der Waals surface area contributed by atoms with Crippen LogP contribution >= 0.6 is 0 Å². The van der Waals surface area contributed by atoms with E-state index in [2.05, 4.69) is 23.6 Å². The fourth-order valence-electron chi connectivity index (χ4n) is 3.03. The van der Waals surface area contributed by atoms with Crippen molar-refractivity contribution in [3.63, 3.8) is 0 Å². The minimum atomic E-state index is -0.0905. The maximum atomic E-state index is 10.3. The van der Waals surface area contributed by atoms with Crippen molar-refractivity contribution in [1.82, 2.24) is 9.80 Å². The molecular formula is C21H30N2O4. The van der Waals surface area contributed by atoms with Gasteiger partial charge in [0.25, 0.3) is 0 Å². The Balaban J connectivity index is 1.98. The summed E-state index contributed by atoms with van der Waals surface area (Å²) in [5.74, 6) is 0.533. The number of rotatable bonds is 10. The summed E-state index contributed by atoms with van der Waals surface area (Å²) in [6.45, 7) is 8.68. The molecule has 2 aromatic carbocycles. The van der Waals surface area contributed by atoms with Crippen molar-refractivity contribution in [2.75, 3.05) is 33.3 Å². The van der Waals surface area contributed by atoms with Gasteiger partial charge in [0.2, 0.25) is 0 Å². The number of likely N-dealkylation sites (N-methyl/N-ethyl adjacent to an activating group) is 2. The van der Waals surface area contributed by atoms with E-state index in [1.165, 1.54) is 6.07 Å². The Hall–Kier alpha value is -2.44. The zero-order valence-electron chi connectivity index (χ0n) is 16.4. The molecule has 0 atom stereocenters. The number of para-hydroxylation sites is 2. The molecule has 0 heterocycles. The molecule has 0 saturated carbocycles. The van der Waals surface area contributed by atoms with Crippen LogP contribution in [-0.4, -0.2) is 58.4 Å². The van der Waals surface area contributed by atoms with Crippen LogP contribution in [0.4, 0.5) is 0 Å². The van der Waals surface area contributed by atoms with Gasteiger partial charge in [0.15, 0.2) is 23.0 Å². The first-order chi connectivity index (χ1) is 13.0. The molecule has 0 fully saturated rings. The van der Waals surface area contributed by atoms with Crippen molar-refractivity contribution in [1.29, 1.82) is 0 Å². The van der Waals surface area contributed by atoms with Crippen molar-refractivity contribution in [2.24, 2.45) is 0 Å². The maximum Gasteiger partial charge on any atom is 0.162 e. The monoisotopic (exact) mass is 374 g/mol. The lowest BCUT2D eigenvalue weighted by atomic mass is 10.1. The standard InChI is InChI=1S/C21H30N2O4/c1-4-22(14-16-8-6-10-18(24)20(16)25)12-13-23(5-2)15-17-9-7-11-19(27-3)21(17)26/h6-11,24-26H,4-5,12-15H2,1-3H3. The van der Waals surface area contributed by atoms with E-state index in [-0.39, 0.29) is 17.2 Å². The molecule has 6 nitrogen and oxygen atoms in total. The van der Waals surface area contributed by atoms with E-state index in [9.17, 15) is 15.3 Å². The van der Waals surface area contributed by atoms with Gasteiger partial charge in [-0.3, -0.25) is 9.80 Å². The summed E-state index contributed by atoms with van der Waals surface area (Å²) >= 11 is 0. The van der Waals surface area contributed by atoms with Gasteiger partial charge in [-0.2, -0.15) is 0 Å². The van der Waals surface area contributed by atoms with Gasteiger partial charge in [-0.05, 0) is 25.2 Å². The molecule has 0 saturated heterocycles. The van der Waals surface area contributed by atoms with Gasteiger partial charge < -0.3 is 20.1 Å². The Kier molecular flexibility index (Phi) is 7.76. The normalized spacial score (nSPS) is 11.3. The quantitative estimate of drug-likeness (QED) is 0.555. The second kappa shape index (κ2) is 10.0. The third-order valence-electron chi connectivity index (χ3n) is 4.82. The minimum absolute atomic E-state index is 0.0513. The van der Waals surface area contributed by atoms with Crippen LogP contribution in [-0.2, 0) is 13.1 Å². The smallest absolute Gasteiger partial charge is 0.162 e. The number of nitrogens with zero attached hydrogens (tertiary/aromatic N) is 2. The van der Waals surface area contributed by atoms with E-state index in [1.54, 1.807) is 19.2 Å². The van der Waals surface area contributed by atoms with E-state index in [4.69, 9.17) is 4.74 Å². The van der Waals surface area contributed by atoms with Crippen molar-refractivity contribution in [3.8, 4) is 23.0 Å². The number of hydrogen-bond donors (Lipinski definition) is 3. The lowest BCUT2D eigenvalue weighted by Gasteiger charge is -2.27. The zero-order valence-corrected chi connectivity index (χ0v) is 16.4. The minimum Gasteiger partial charge on any atom is -0.504 e. The predicted octanol–water partition coefficient (Wildman–Crippen LogP) is 3.16. The topological polar surface area (TPSA) is 76.4 Å². The second-order valence-electron chi connectivity index (χ2n) is 6.49. The highest BCUT2D eigenvalue weighted by Crippen LogP contribution is 2.30. The van der Waals surface area contributed by atoms with E-state index in [0.717, 1.165) is 31.7 Å². The second-order valence-corrected chi connectivity index (χ2v) is 6.49. The van der Waals surface area contributed by atoms with Crippen LogP contribution in [0.15, 0.2) is 36.4 Å². The molecule has 2 aromatic rings. The lowest BCUT2D eigenvalue weighted by Crippen LogP contribution is -2.34. The predicted molar refractivity (Wildman–Crippen MR) is 106 cm³/mol. The van der Waals surface area contributed by atoms with E-state index in [0.29, 0.717) is 24.4 Å². The highest BCUT2D eigenvalue weighted by atomic mass is 16.5. The first kappa shape index (κ1) is 20.9. The molecule has 0 spiro atoms. The van der Waals surface area contributed by atoms with Crippen LogP contribution in [0.3, 0.4) is 0 Å². The summed E-state index contributed by atoms with van der Waals surface area (Å²) in [7, 11) is 1.55. The number of phenols is 3. The molecule has 0 aliphatic heterocycles. The van der Waals surface area contributed by atoms with E-state index >= 15 is 0 Å². The zero-order chi connectivity index (χ0) is 19.8. The van der Waals surface area contributed by atoms with Gasteiger partial charge in [0, 0.05) is 37.3 Å². The van der Waals surface area contributed by atoms with Crippen LogP contribution in [0.2, 0.25) is 0 Å². The molecule has 0 aliphatic rings.